The van der Waals surface area contributed by atoms with Gasteiger partial charge in [-0.15, -0.1) is 0 Å². The second kappa shape index (κ2) is 9.69. The third-order valence-electron chi connectivity index (χ3n) is 6.43. The molecule has 35 heavy (non-hydrogen) atoms. The Kier molecular flexibility index (Phi) is 6.84. The fraction of sp³-hybridized carbons (Fsp3) is 0.400. The molecule has 2 heterocycles. The van der Waals surface area contributed by atoms with Gasteiger partial charge < -0.3 is 16.8 Å². The van der Waals surface area contributed by atoms with Crippen molar-refractivity contribution < 1.29 is 18.0 Å². The number of benzene rings is 2. The number of nitrogens with one attached hydrogen (secondary N) is 1. The van der Waals surface area contributed by atoms with Crippen molar-refractivity contribution in [2.75, 3.05) is 30.7 Å². The third-order valence-corrected chi connectivity index (χ3v) is 6.43. The number of likely N-dealkylation sites (tertiary alicyclic amines) is 1. The summed E-state index contributed by atoms with van der Waals surface area (Å²) < 4.78 is 39.9. The molecular weight excluding hydrogens is 457 g/mol. The first-order valence-electron chi connectivity index (χ1n) is 11.5. The van der Waals surface area contributed by atoms with Crippen LogP contribution in [0.2, 0.25) is 0 Å². The molecule has 1 unspecified atom stereocenters. The number of aryl methyl sites for hydroxylation is 1. The number of fused-ring (bicyclic) bond motifs is 1. The molecule has 10 heteroatoms. The van der Waals surface area contributed by atoms with E-state index in [0.717, 1.165) is 54.5 Å². The van der Waals surface area contributed by atoms with Crippen molar-refractivity contribution in [3.05, 3.63) is 58.9 Å². The molecule has 5 N–H and O–H groups in total. The van der Waals surface area contributed by atoms with E-state index in [4.69, 9.17) is 11.5 Å². The van der Waals surface area contributed by atoms with Crippen molar-refractivity contribution in [1.29, 1.82) is 0 Å². The SMILES string of the molecule is Cc1nc(NC(C)c2cc(N)cc(C(F)(F)F)c2)c2cc(C3CCN(CC(N)=O)CC3)ccc2n1. The normalized spacial score (nSPS) is 16.4. The molecule has 1 aliphatic heterocycles. The summed E-state index contributed by atoms with van der Waals surface area (Å²) in [6.07, 6.45) is -2.69. The summed E-state index contributed by atoms with van der Waals surface area (Å²) in [5.41, 5.74) is 12.7. The highest BCUT2D eigenvalue weighted by Gasteiger charge is 2.31. The lowest BCUT2D eigenvalue weighted by molar-refractivity contribution is -0.137. The van der Waals surface area contributed by atoms with Crippen molar-refractivity contribution in [1.82, 2.24) is 14.9 Å². The smallest absolute Gasteiger partial charge is 0.399 e. The maximum absolute atomic E-state index is 13.3. The van der Waals surface area contributed by atoms with Gasteiger partial charge in [-0.3, -0.25) is 9.69 Å². The number of piperidine rings is 1. The Bertz CT molecular complexity index is 1240. The summed E-state index contributed by atoms with van der Waals surface area (Å²) in [5.74, 6) is 1.11. The number of nitrogens with two attached hydrogens (primary N) is 2. The minimum absolute atomic E-state index is 0.0529. The number of hydrogen-bond acceptors (Lipinski definition) is 6. The molecule has 2 aromatic carbocycles. The Balaban J connectivity index is 1.61. The summed E-state index contributed by atoms with van der Waals surface area (Å²) in [6.45, 7) is 5.39. The minimum Gasteiger partial charge on any atom is -0.399 e. The Hall–Kier alpha value is -3.40. The van der Waals surface area contributed by atoms with Crippen molar-refractivity contribution >= 4 is 28.3 Å². The van der Waals surface area contributed by atoms with Gasteiger partial charge in [-0.2, -0.15) is 13.2 Å². The fourth-order valence-corrected chi connectivity index (χ4v) is 4.65. The van der Waals surface area contributed by atoms with E-state index in [1.165, 1.54) is 6.07 Å². The zero-order valence-electron chi connectivity index (χ0n) is 19.7. The van der Waals surface area contributed by atoms with Gasteiger partial charge in [0.25, 0.3) is 0 Å². The van der Waals surface area contributed by atoms with Crippen LogP contribution in [-0.2, 0) is 11.0 Å². The van der Waals surface area contributed by atoms with Crippen LogP contribution in [0.15, 0.2) is 36.4 Å². The molecule has 0 spiro atoms. The first kappa shape index (κ1) is 24.7. The maximum atomic E-state index is 13.3. The number of alkyl halides is 3. The van der Waals surface area contributed by atoms with Crippen molar-refractivity contribution in [2.24, 2.45) is 5.73 Å². The number of aromatic nitrogens is 2. The average molecular weight is 487 g/mol. The van der Waals surface area contributed by atoms with Gasteiger partial charge >= 0.3 is 6.18 Å². The zero-order chi connectivity index (χ0) is 25.3. The quantitative estimate of drug-likeness (QED) is 0.446. The van der Waals surface area contributed by atoms with Crippen LogP contribution in [0.1, 0.15) is 54.2 Å². The van der Waals surface area contributed by atoms with Crippen molar-refractivity contribution in [3.63, 3.8) is 0 Å². The van der Waals surface area contributed by atoms with E-state index in [0.29, 0.717) is 23.1 Å². The summed E-state index contributed by atoms with van der Waals surface area (Å²) in [7, 11) is 0. The van der Waals surface area contributed by atoms with E-state index >= 15 is 0 Å². The van der Waals surface area contributed by atoms with Gasteiger partial charge in [-0.25, -0.2) is 9.97 Å². The predicted octanol–water partition coefficient (Wildman–Crippen LogP) is 4.38. The highest BCUT2D eigenvalue weighted by molar-refractivity contribution is 5.90. The zero-order valence-corrected chi connectivity index (χ0v) is 19.7. The van der Waals surface area contributed by atoms with Gasteiger partial charge in [0.1, 0.15) is 11.6 Å². The third kappa shape index (κ3) is 5.82. The van der Waals surface area contributed by atoms with E-state index in [9.17, 15) is 18.0 Å². The van der Waals surface area contributed by atoms with E-state index in [1.54, 1.807) is 13.8 Å². The standard InChI is InChI=1S/C25H29F3N6O/c1-14(18-9-19(25(26,27)28)12-20(29)10-18)31-24-21-11-17(3-4-22(21)32-15(2)33-24)16-5-7-34(8-6-16)13-23(30)35/h3-4,9-12,14,16H,5-8,13,29H2,1-2H3,(H2,30,35)(H,31,32,33). The van der Waals surface area contributed by atoms with Gasteiger partial charge in [-0.05, 0) is 87.2 Å². The fourth-order valence-electron chi connectivity index (χ4n) is 4.65. The van der Waals surface area contributed by atoms with E-state index in [2.05, 4.69) is 32.3 Å². The van der Waals surface area contributed by atoms with Crippen LogP contribution in [0.4, 0.5) is 24.7 Å². The molecule has 0 saturated carbocycles. The minimum atomic E-state index is -4.48. The summed E-state index contributed by atoms with van der Waals surface area (Å²) in [4.78, 5) is 22.3. The lowest BCUT2D eigenvalue weighted by atomic mass is 9.88. The number of nitrogens with zero attached hydrogens (tertiary/aromatic N) is 3. The monoisotopic (exact) mass is 486 g/mol. The molecule has 186 valence electrons. The first-order chi connectivity index (χ1) is 16.5. The number of nitrogen functional groups attached to an aromatic ring is 1. The lowest BCUT2D eigenvalue weighted by Crippen LogP contribution is -2.39. The Morgan fingerprint density at radius 2 is 1.89 bits per heavy atom. The second-order valence-corrected chi connectivity index (χ2v) is 9.16. The Morgan fingerprint density at radius 1 is 1.17 bits per heavy atom. The first-order valence-corrected chi connectivity index (χ1v) is 11.5. The largest absolute Gasteiger partial charge is 0.416 e. The molecule has 0 bridgehead atoms. The van der Waals surface area contributed by atoms with E-state index in [1.807, 2.05) is 6.07 Å². The highest BCUT2D eigenvalue weighted by atomic mass is 19.4. The van der Waals surface area contributed by atoms with Crippen molar-refractivity contribution in [2.45, 2.75) is 44.8 Å². The molecule has 0 radical (unpaired) electrons. The summed E-state index contributed by atoms with van der Waals surface area (Å²) in [6, 6.07) is 9.17. The molecule has 1 saturated heterocycles. The number of halogens is 3. The van der Waals surface area contributed by atoms with E-state index in [-0.39, 0.29) is 18.1 Å². The number of carbonyl (C=O) groups is 1. The number of primary amides is 1. The summed E-state index contributed by atoms with van der Waals surface area (Å²) >= 11 is 0. The van der Waals surface area contributed by atoms with Crippen LogP contribution in [0.5, 0.6) is 0 Å². The predicted molar refractivity (Wildman–Crippen MR) is 130 cm³/mol. The highest BCUT2D eigenvalue weighted by Crippen LogP contribution is 2.35. The number of carbonyl (C=O) groups excluding carboxylic acids is 1. The maximum Gasteiger partial charge on any atom is 0.416 e. The summed E-state index contributed by atoms with van der Waals surface area (Å²) in [5, 5.41) is 4.08. The number of rotatable bonds is 6. The molecule has 1 aliphatic rings. The van der Waals surface area contributed by atoms with Gasteiger partial charge in [0.15, 0.2) is 0 Å². The van der Waals surface area contributed by atoms with Crippen LogP contribution in [-0.4, -0.2) is 40.4 Å². The van der Waals surface area contributed by atoms with Gasteiger partial charge in [0.2, 0.25) is 5.91 Å². The lowest BCUT2D eigenvalue weighted by Gasteiger charge is -2.31. The molecule has 1 amide bonds. The molecule has 1 atom stereocenters. The number of anilines is 2. The molecule has 3 aromatic rings. The molecular formula is C25H29F3N6O. The molecule has 1 aromatic heterocycles. The Morgan fingerprint density at radius 3 is 2.54 bits per heavy atom. The average Bonchev–Trinajstić information content (AvgIpc) is 2.78. The second-order valence-electron chi connectivity index (χ2n) is 9.16. The van der Waals surface area contributed by atoms with Crippen LogP contribution in [0.25, 0.3) is 10.9 Å². The van der Waals surface area contributed by atoms with Crippen LogP contribution in [0, 0.1) is 6.92 Å². The topological polar surface area (TPSA) is 110 Å². The van der Waals surface area contributed by atoms with Gasteiger partial charge in [0.05, 0.1) is 23.7 Å². The molecule has 4 rings (SSSR count). The molecule has 0 aliphatic carbocycles. The van der Waals surface area contributed by atoms with Crippen LogP contribution in [0.3, 0.4) is 0 Å². The number of hydrogen-bond donors (Lipinski definition) is 3. The molecule has 1 fully saturated rings. The number of amides is 1. The van der Waals surface area contributed by atoms with Gasteiger partial charge in [0, 0.05) is 11.1 Å². The van der Waals surface area contributed by atoms with Crippen LogP contribution < -0.4 is 16.8 Å². The Labute approximate surface area is 201 Å². The van der Waals surface area contributed by atoms with Gasteiger partial charge in [-0.1, -0.05) is 6.07 Å². The van der Waals surface area contributed by atoms with Crippen LogP contribution >= 0.6 is 0 Å². The van der Waals surface area contributed by atoms with E-state index < -0.39 is 17.8 Å². The molecule has 7 nitrogen and oxygen atoms in total. The van der Waals surface area contributed by atoms with Crippen molar-refractivity contribution in [3.8, 4) is 0 Å².